The van der Waals surface area contributed by atoms with Gasteiger partial charge in [-0.2, -0.15) is 5.10 Å². The van der Waals surface area contributed by atoms with E-state index in [0.29, 0.717) is 41.0 Å². The minimum atomic E-state index is -0.482. The Hall–Kier alpha value is -4.19. The minimum absolute atomic E-state index is 0.157. The van der Waals surface area contributed by atoms with Gasteiger partial charge in [0.2, 0.25) is 0 Å². The van der Waals surface area contributed by atoms with Crippen molar-refractivity contribution in [2.24, 2.45) is 5.73 Å². The molecule has 0 aliphatic rings. The van der Waals surface area contributed by atoms with Gasteiger partial charge in [-0.1, -0.05) is 59.7 Å². The number of carbonyl (C=O) groups is 2. The molecule has 0 atom stereocenters. The number of nitrogens with one attached hydrogen (secondary N) is 2. The summed E-state index contributed by atoms with van der Waals surface area (Å²) in [6.45, 7) is 4.04. The lowest BCUT2D eigenvalue weighted by Gasteiger charge is -2.07. The molecule has 4 aromatic rings. The predicted molar refractivity (Wildman–Crippen MR) is 134 cm³/mol. The molecule has 6 nitrogen and oxygen atoms in total. The van der Waals surface area contributed by atoms with Crippen LogP contribution in [0.5, 0.6) is 0 Å². The molecule has 0 saturated carbocycles. The van der Waals surface area contributed by atoms with Crippen LogP contribution in [0.2, 0.25) is 0 Å². The van der Waals surface area contributed by atoms with Crippen LogP contribution in [0, 0.1) is 13.8 Å². The Labute approximate surface area is 199 Å². The Morgan fingerprint density at radius 3 is 2.03 bits per heavy atom. The summed E-state index contributed by atoms with van der Waals surface area (Å²) in [6.07, 6.45) is 1.89. The summed E-state index contributed by atoms with van der Waals surface area (Å²) in [5, 5.41) is 10.3. The zero-order chi connectivity index (χ0) is 24.1. The standard InChI is InChI=1S/C28H28N4O2/c1-18-3-7-20(8-4-18)11-16-24-26(27(29)33)25(32-31-24)17-21-9-14-23(15-10-21)30-28(34)22-12-5-19(2)6-13-22/h3-10,12-15H,11,16-17H2,1-2H3,(H2,29,33)(H,30,34)(H,31,32). The van der Waals surface area contributed by atoms with Gasteiger partial charge in [0.1, 0.15) is 0 Å². The average molecular weight is 453 g/mol. The Balaban J connectivity index is 1.42. The number of rotatable bonds is 8. The van der Waals surface area contributed by atoms with Crippen LogP contribution in [0.3, 0.4) is 0 Å². The second-order valence-corrected chi connectivity index (χ2v) is 8.57. The lowest BCUT2D eigenvalue weighted by molar-refractivity contribution is 0.0996. The highest BCUT2D eigenvalue weighted by atomic mass is 16.2. The third-order valence-corrected chi connectivity index (χ3v) is 5.84. The number of benzene rings is 3. The molecule has 0 aliphatic carbocycles. The Morgan fingerprint density at radius 2 is 1.41 bits per heavy atom. The summed E-state index contributed by atoms with van der Waals surface area (Å²) >= 11 is 0. The first-order valence-corrected chi connectivity index (χ1v) is 11.3. The second-order valence-electron chi connectivity index (χ2n) is 8.57. The number of aromatic nitrogens is 2. The molecule has 172 valence electrons. The zero-order valence-electron chi connectivity index (χ0n) is 19.4. The van der Waals surface area contributed by atoms with Gasteiger partial charge in [-0.15, -0.1) is 0 Å². The number of carbonyl (C=O) groups excluding carboxylic acids is 2. The molecule has 0 fully saturated rings. The molecule has 1 heterocycles. The van der Waals surface area contributed by atoms with E-state index in [1.54, 1.807) is 12.1 Å². The quantitative estimate of drug-likeness (QED) is 0.359. The van der Waals surface area contributed by atoms with Crippen molar-refractivity contribution in [3.8, 4) is 0 Å². The molecule has 34 heavy (non-hydrogen) atoms. The van der Waals surface area contributed by atoms with Gasteiger partial charge in [-0.05, 0) is 62.1 Å². The van der Waals surface area contributed by atoms with E-state index in [2.05, 4.69) is 46.7 Å². The van der Waals surface area contributed by atoms with E-state index in [4.69, 9.17) is 5.73 Å². The summed E-state index contributed by atoms with van der Waals surface area (Å²) in [6, 6.07) is 23.3. The number of aryl methyl sites for hydroxylation is 4. The molecule has 2 amide bonds. The third kappa shape index (κ3) is 5.59. The highest BCUT2D eigenvalue weighted by molar-refractivity contribution is 6.04. The van der Waals surface area contributed by atoms with Gasteiger partial charge in [0.25, 0.3) is 11.8 Å². The fourth-order valence-electron chi connectivity index (χ4n) is 3.86. The highest BCUT2D eigenvalue weighted by Gasteiger charge is 2.18. The van der Waals surface area contributed by atoms with Crippen LogP contribution in [-0.2, 0) is 19.3 Å². The summed E-state index contributed by atoms with van der Waals surface area (Å²) in [5.74, 6) is -0.639. The molecule has 0 saturated heterocycles. The van der Waals surface area contributed by atoms with E-state index >= 15 is 0 Å². The fraction of sp³-hybridized carbons (Fsp3) is 0.179. The van der Waals surface area contributed by atoms with Crippen LogP contribution in [0.25, 0.3) is 0 Å². The lowest BCUT2D eigenvalue weighted by Crippen LogP contribution is -2.15. The topological polar surface area (TPSA) is 101 Å². The molecule has 0 spiro atoms. The molecule has 3 aromatic carbocycles. The van der Waals surface area contributed by atoms with Crippen molar-refractivity contribution in [1.29, 1.82) is 0 Å². The molecule has 0 radical (unpaired) electrons. The largest absolute Gasteiger partial charge is 0.365 e. The van der Waals surface area contributed by atoms with E-state index in [-0.39, 0.29) is 5.91 Å². The van der Waals surface area contributed by atoms with Gasteiger partial charge < -0.3 is 11.1 Å². The Kier molecular flexibility index (Phi) is 6.87. The number of H-pyrrole nitrogens is 1. The van der Waals surface area contributed by atoms with E-state index < -0.39 is 5.91 Å². The van der Waals surface area contributed by atoms with Gasteiger partial charge in [0.05, 0.1) is 17.0 Å². The van der Waals surface area contributed by atoms with Crippen LogP contribution in [0.4, 0.5) is 5.69 Å². The van der Waals surface area contributed by atoms with Gasteiger partial charge >= 0.3 is 0 Å². The number of hydrogen-bond acceptors (Lipinski definition) is 3. The van der Waals surface area contributed by atoms with Crippen molar-refractivity contribution in [2.45, 2.75) is 33.1 Å². The minimum Gasteiger partial charge on any atom is -0.365 e. The van der Waals surface area contributed by atoms with E-state index in [1.165, 1.54) is 11.1 Å². The van der Waals surface area contributed by atoms with Crippen LogP contribution in [0.15, 0.2) is 72.8 Å². The Morgan fingerprint density at radius 1 is 0.824 bits per heavy atom. The van der Waals surface area contributed by atoms with Gasteiger partial charge in [0, 0.05) is 17.7 Å². The maximum absolute atomic E-state index is 12.4. The van der Waals surface area contributed by atoms with Crippen molar-refractivity contribution in [3.05, 3.63) is 118 Å². The van der Waals surface area contributed by atoms with E-state index in [1.807, 2.05) is 43.3 Å². The normalized spacial score (nSPS) is 10.8. The number of amides is 2. The van der Waals surface area contributed by atoms with Crippen LogP contribution in [-0.4, -0.2) is 22.0 Å². The van der Waals surface area contributed by atoms with Crippen LogP contribution >= 0.6 is 0 Å². The zero-order valence-corrected chi connectivity index (χ0v) is 19.4. The van der Waals surface area contributed by atoms with Crippen LogP contribution in [0.1, 0.15) is 54.4 Å². The van der Waals surface area contributed by atoms with Crippen LogP contribution < -0.4 is 11.1 Å². The third-order valence-electron chi connectivity index (χ3n) is 5.84. The number of hydrogen-bond donors (Lipinski definition) is 3. The number of nitrogens with two attached hydrogens (primary N) is 1. The molecule has 4 N–H and O–H groups in total. The van der Waals surface area contributed by atoms with Gasteiger partial charge in [0.15, 0.2) is 0 Å². The smallest absolute Gasteiger partial charge is 0.255 e. The first-order valence-electron chi connectivity index (χ1n) is 11.3. The molecule has 4 rings (SSSR count). The second kappa shape index (κ2) is 10.2. The highest BCUT2D eigenvalue weighted by Crippen LogP contribution is 2.19. The van der Waals surface area contributed by atoms with Gasteiger partial charge in [-0.25, -0.2) is 0 Å². The lowest BCUT2D eigenvalue weighted by atomic mass is 10.0. The average Bonchev–Trinajstić information content (AvgIpc) is 3.23. The number of aromatic amines is 1. The van der Waals surface area contributed by atoms with Crippen molar-refractivity contribution in [3.63, 3.8) is 0 Å². The number of anilines is 1. The number of primary amides is 1. The molecule has 0 bridgehead atoms. The molecule has 1 aromatic heterocycles. The maximum Gasteiger partial charge on any atom is 0.255 e. The fourth-order valence-corrected chi connectivity index (χ4v) is 3.86. The van der Waals surface area contributed by atoms with E-state index in [0.717, 1.165) is 17.5 Å². The Bertz CT molecular complexity index is 1290. The molecule has 6 heteroatoms. The van der Waals surface area contributed by atoms with Crippen molar-refractivity contribution >= 4 is 17.5 Å². The first kappa shape index (κ1) is 23.0. The monoisotopic (exact) mass is 452 g/mol. The first-order chi connectivity index (χ1) is 16.4. The number of nitrogens with zero attached hydrogens (tertiary/aromatic N) is 1. The van der Waals surface area contributed by atoms with E-state index in [9.17, 15) is 9.59 Å². The summed E-state index contributed by atoms with van der Waals surface area (Å²) in [5.41, 5.74) is 13.3. The predicted octanol–water partition coefficient (Wildman–Crippen LogP) is 4.75. The van der Waals surface area contributed by atoms with Crippen molar-refractivity contribution in [1.82, 2.24) is 10.2 Å². The van der Waals surface area contributed by atoms with Gasteiger partial charge in [-0.3, -0.25) is 14.7 Å². The summed E-state index contributed by atoms with van der Waals surface area (Å²) in [7, 11) is 0. The van der Waals surface area contributed by atoms with Crippen molar-refractivity contribution in [2.75, 3.05) is 5.32 Å². The summed E-state index contributed by atoms with van der Waals surface area (Å²) < 4.78 is 0. The maximum atomic E-state index is 12.4. The molecule has 0 unspecified atom stereocenters. The summed E-state index contributed by atoms with van der Waals surface area (Å²) in [4.78, 5) is 24.6. The molecular weight excluding hydrogens is 424 g/mol. The SMILES string of the molecule is Cc1ccc(CCc2n[nH]c(Cc3ccc(NC(=O)c4ccc(C)cc4)cc3)c2C(N)=O)cc1. The molecule has 0 aliphatic heterocycles. The molecular formula is C28H28N4O2. The van der Waals surface area contributed by atoms with Crippen molar-refractivity contribution < 1.29 is 9.59 Å².